The molecular formula is C15H22BrNO. The normalized spacial score (nSPS) is 25.9. The average molecular weight is 312 g/mol. The zero-order valence-electron chi connectivity index (χ0n) is 11.2. The molecule has 0 saturated heterocycles. The Hall–Kier alpha value is -0.380. The molecule has 100 valence electrons. The quantitative estimate of drug-likeness (QED) is 0.905. The number of ether oxygens (including phenoxy) is 1. The van der Waals surface area contributed by atoms with Gasteiger partial charge in [-0.3, -0.25) is 0 Å². The van der Waals surface area contributed by atoms with Crippen LogP contribution in [0.25, 0.3) is 0 Å². The van der Waals surface area contributed by atoms with Crippen molar-refractivity contribution in [3.8, 4) is 0 Å². The Morgan fingerprint density at radius 2 is 2.00 bits per heavy atom. The van der Waals surface area contributed by atoms with Crippen LogP contribution in [0, 0.1) is 0 Å². The van der Waals surface area contributed by atoms with Crippen LogP contribution in [0.2, 0.25) is 0 Å². The van der Waals surface area contributed by atoms with E-state index in [1.54, 1.807) is 0 Å². The van der Waals surface area contributed by atoms with Crippen molar-refractivity contribution < 1.29 is 4.74 Å². The summed E-state index contributed by atoms with van der Waals surface area (Å²) in [6.45, 7) is 2.22. The second kappa shape index (κ2) is 6.69. The van der Waals surface area contributed by atoms with E-state index in [9.17, 15) is 0 Å². The lowest BCUT2D eigenvalue weighted by molar-refractivity contribution is 0.0383. The summed E-state index contributed by atoms with van der Waals surface area (Å²) >= 11 is 3.62. The van der Waals surface area contributed by atoms with Gasteiger partial charge in [-0.2, -0.15) is 0 Å². The third-order valence-electron chi connectivity index (χ3n) is 3.84. The summed E-state index contributed by atoms with van der Waals surface area (Å²) in [5, 5.41) is 3.72. The molecule has 1 aromatic carbocycles. The highest BCUT2D eigenvalue weighted by Crippen LogP contribution is 2.27. The molecule has 3 heteroatoms. The van der Waals surface area contributed by atoms with Crippen LogP contribution in [-0.4, -0.2) is 19.3 Å². The van der Waals surface area contributed by atoms with E-state index in [2.05, 4.69) is 52.4 Å². The first-order chi connectivity index (χ1) is 8.72. The van der Waals surface area contributed by atoms with Crippen LogP contribution < -0.4 is 5.32 Å². The number of rotatable bonds is 4. The second-order valence-electron chi connectivity index (χ2n) is 5.07. The number of hydrogen-bond acceptors (Lipinski definition) is 2. The number of methoxy groups -OCH3 is 1. The molecule has 0 spiro atoms. The minimum Gasteiger partial charge on any atom is -0.380 e. The van der Waals surface area contributed by atoms with Crippen molar-refractivity contribution in [1.82, 2.24) is 5.32 Å². The van der Waals surface area contributed by atoms with Crippen molar-refractivity contribution in [1.29, 1.82) is 0 Å². The summed E-state index contributed by atoms with van der Waals surface area (Å²) in [6, 6.07) is 9.24. The third-order valence-corrected chi connectivity index (χ3v) is 4.56. The Morgan fingerprint density at radius 1 is 1.28 bits per heavy atom. The maximum atomic E-state index is 5.60. The number of nitrogens with one attached hydrogen (secondary N) is 1. The van der Waals surface area contributed by atoms with Crippen molar-refractivity contribution in [3.05, 3.63) is 34.3 Å². The highest BCUT2D eigenvalue weighted by atomic mass is 79.9. The van der Waals surface area contributed by atoms with E-state index in [1.165, 1.54) is 35.7 Å². The van der Waals surface area contributed by atoms with Crippen LogP contribution in [0.5, 0.6) is 0 Å². The predicted octanol–water partition coefficient (Wildman–Crippen LogP) is 4.06. The molecule has 0 radical (unpaired) electrons. The molecule has 0 aromatic heterocycles. The molecule has 0 amide bonds. The van der Waals surface area contributed by atoms with E-state index in [0.29, 0.717) is 18.2 Å². The second-order valence-corrected chi connectivity index (χ2v) is 5.93. The molecule has 0 aliphatic heterocycles. The standard InChI is InChI=1S/C15H22BrNO/c1-11(12-7-3-4-8-13(12)16)17-14-9-5-6-10-15(14)18-2/h3-4,7-8,11,14-15,17H,5-6,9-10H2,1-2H3. The van der Waals surface area contributed by atoms with Gasteiger partial charge >= 0.3 is 0 Å². The van der Waals surface area contributed by atoms with Gasteiger partial charge in [0.2, 0.25) is 0 Å². The van der Waals surface area contributed by atoms with Crippen LogP contribution in [0.15, 0.2) is 28.7 Å². The van der Waals surface area contributed by atoms with Crippen molar-refractivity contribution >= 4 is 15.9 Å². The Morgan fingerprint density at radius 3 is 2.72 bits per heavy atom. The first kappa shape index (κ1) is 14.0. The van der Waals surface area contributed by atoms with E-state index in [4.69, 9.17) is 4.74 Å². The summed E-state index contributed by atoms with van der Waals surface area (Å²) in [4.78, 5) is 0. The summed E-state index contributed by atoms with van der Waals surface area (Å²) in [5.41, 5.74) is 1.32. The first-order valence-corrected chi connectivity index (χ1v) is 7.55. The van der Waals surface area contributed by atoms with E-state index >= 15 is 0 Å². The van der Waals surface area contributed by atoms with E-state index < -0.39 is 0 Å². The van der Waals surface area contributed by atoms with Gasteiger partial charge in [0, 0.05) is 23.7 Å². The Bertz CT molecular complexity index is 383. The van der Waals surface area contributed by atoms with Crippen molar-refractivity contribution in [3.63, 3.8) is 0 Å². The van der Waals surface area contributed by atoms with Gasteiger partial charge in [0.05, 0.1) is 6.10 Å². The molecule has 3 atom stereocenters. The van der Waals surface area contributed by atoms with Gasteiger partial charge in [-0.25, -0.2) is 0 Å². The fourth-order valence-electron chi connectivity index (χ4n) is 2.81. The molecule has 1 N–H and O–H groups in total. The van der Waals surface area contributed by atoms with Crippen LogP contribution in [0.4, 0.5) is 0 Å². The Labute approximate surface area is 118 Å². The Kier molecular flexibility index (Phi) is 5.22. The topological polar surface area (TPSA) is 21.3 Å². The van der Waals surface area contributed by atoms with Crippen molar-refractivity contribution in [2.75, 3.05) is 7.11 Å². The van der Waals surface area contributed by atoms with Crippen molar-refractivity contribution in [2.45, 2.75) is 50.8 Å². The molecule has 2 nitrogen and oxygen atoms in total. The number of halogens is 1. The van der Waals surface area contributed by atoms with Gasteiger partial charge in [0.15, 0.2) is 0 Å². The maximum Gasteiger partial charge on any atom is 0.0724 e. The van der Waals surface area contributed by atoms with Crippen LogP contribution in [-0.2, 0) is 4.74 Å². The number of benzene rings is 1. The largest absolute Gasteiger partial charge is 0.380 e. The van der Waals surface area contributed by atoms with Crippen molar-refractivity contribution in [2.24, 2.45) is 0 Å². The van der Waals surface area contributed by atoms with Gasteiger partial charge in [0.25, 0.3) is 0 Å². The first-order valence-electron chi connectivity index (χ1n) is 6.75. The van der Waals surface area contributed by atoms with Gasteiger partial charge in [-0.05, 0) is 31.4 Å². The van der Waals surface area contributed by atoms with E-state index in [1.807, 2.05) is 7.11 Å². The van der Waals surface area contributed by atoms with Gasteiger partial charge in [-0.1, -0.05) is 47.0 Å². The smallest absolute Gasteiger partial charge is 0.0724 e. The lowest BCUT2D eigenvalue weighted by atomic mass is 9.91. The zero-order valence-corrected chi connectivity index (χ0v) is 12.7. The molecular weight excluding hydrogens is 290 g/mol. The maximum absolute atomic E-state index is 5.60. The minimum atomic E-state index is 0.348. The fourth-order valence-corrected chi connectivity index (χ4v) is 3.43. The molecule has 0 bridgehead atoms. The lowest BCUT2D eigenvalue weighted by Crippen LogP contribution is -2.44. The molecule has 2 rings (SSSR count). The highest BCUT2D eigenvalue weighted by molar-refractivity contribution is 9.10. The lowest BCUT2D eigenvalue weighted by Gasteiger charge is -2.33. The summed E-state index contributed by atoms with van der Waals surface area (Å²) in [5.74, 6) is 0. The molecule has 0 heterocycles. The molecule has 18 heavy (non-hydrogen) atoms. The monoisotopic (exact) mass is 311 g/mol. The summed E-state index contributed by atoms with van der Waals surface area (Å²) < 4.78 is 6.77. The highest BCUT2D eigenvalue weighted by Gasteiger charge is 2.26. The molecule has 1 aliphatic rings. The third kappa shape index (κ3) is 3.34. The molecule has 3 unspecified atom stereocenters. The molecule has 1 fully saturated rings. The minimum absolute atomic E-state index is 0.348. The van der Waals surface area contributed by atoms with Crippen LogP contribution in [0.1, 0.15) is 44.2 Å². The predicted molar refractivity (Wildman–Crippen MR) is 78.7 cm³/mol. The zero-order chi connectivity index (χ0) is 13.0. The van der Waals surface area contributed by atoms with E-state index in [0.717, 1.165) is 0 Å². The van der Waals surface area contributed by atoms with Gasteiger partial charge in [0.1, 0.15) is 0 Å². The summed E-state index contributed by atoms with van der Waals surface area (Å²) in [6.07, 6.45) is 5.36. The van der Waals surface area contributed by atoms with Gasteiger partial charge < -0.3 is 10.1 Å². The molecule has 1 aliphatic carbocycles. The fraction of sp³-hybridized carbons (Fsp3) is 0.600. The van der Waals surface area contributed by atoms with Crippen LogP contribution >= 0.6 is 15.9 Å². The van der Waals surface area contributed by atoms with E-state index in [-0.39, 0.29) is 0 Å². The SMILES string of the molecule is COC1CCCCC1NC(C)c1ccccc1Br. The Balaban J connectivity index is 2.02. The summed E-state index contributed by atoms with van der Waals surface area (Å²) in [7, 11) is 1.83. The van der Waals surface area contributed by atoms with Crippen LogP contribution in [0.3, 0.4) is 0 Å². The van der Waals surface area contributed by atoms with Gasteiger partial charge in [-0.15, -0.1) is 0 Å². The molecule has 1 saturated carbocycles. The average Bonchev–Trinajstić information content (AvgIpc) is 2.39. The molecule has 1 aromatic rings. The number of hydrogen-bond donors (Lipinski definition) is 1.